The first kappa shape index (κ1) is 17.5. The van der Waals surface area contributed by atoms with Crippen LogP contribution in [0.1, 0.15) is 12.5 Å². The molecule has 0 aliphatic carbocycles. The van der Waals surface area contributed by atoms with E-state index < -0.39 is 0 Å². The second kappa shape index (κ2) is 9.29. The maximum atomic E-state index is 13.1. The number of aliphatic imine (C=N–C) groups is 1. The van der Waals surface area contributed by atoms with Gasteiger partial charge in [-0.3, -0.25) is 0 Å². The van der Waals surface area contributed by atoms with Crippen LogP contribution in [0, 0.1) is 5.82 Å². The standard InChI is InChI=1S/C18H21FN4O/c1-3-10-21-18(20-4-2)23-13-14-8-9-17(22-12-14)24-16-7-5-6-15(19)11-16/h3,5-9,11-12H,1,4,10,13H2,2H3,(H2,20,21,23). The SMILES string of the molecule is C=CCNC(=NCc1ccc(Oc2cccc(F)c2)nc1)NCC. The summed E-state index contributed by atoms with van der Waals surface area (Å²) in [5.74, 6) is 1.19. The Bertz CT molecular complexity index is 686. The minimum absolute atomic E-state index is 0.346. The summed E-state index contributed by atoms with van der Waals surface area (Å²) in [4.78, 5) is 8.68. The van der Waals surface area contributed by atoms with Gasteiger partial charge in [-0.15, -0.1) is 6.58 Å². The highest BCUT2D eigenvalue weighted by atomic mass is 19.1. The van der Waals surface area contributed by atoms with E-state index in [0.29, 0.717) is 24.7 Å². The molecule has 0 fully saturated rings. The maximum Gasteiger partial charge on any atom is 0.219 e. The molecule has 126 valence electrons. The van der Waals surface area contributed by atoms with Crippen LogP contribution >= 0.6 is 0 Å². The number of halogens is 1. The lowest BCUT2D eigenvalue weighted by Crippen LogP contribution is -2.37. The summed E-state index contributed by atoms with van der Waals surface area (Å²) < 4.78 is 18.6. The molecule has 2 aromatic rings. The lowest BCUT2D eigenvalue weighted by atomic mass is 10.3. The number of hydrogen-bond acceptors (Lipinski definition) is 3. The van der Waals surface area contributed by atoms with Crippen molar-refractivity contribution in [2.45, 2.75) is 13.5 Å². The maximum absolute atomic E-state index is 13.1. The second-order valence-electron chi connectivity index (χ2n) is 4.93. The predicted molar refractivity (Wildman–Crippen MR) is 93.7 cm³/mol. The van der Waals surface area contributed by atoms with E-state index in [-0.39, 0.29) is 5.82 Å². The van der Waals surface area contributed by atoms with Gasteiger partial charge in [0.05, 0.1) is 6.54 Å². The van der Waals surface area contributed by atoms with Crippen molar-refractivity contribution in [1.82, 2.24) is 15.6 Å². The van der Waals surface area contributed by atoms with Gasteiger partial charge in [0.1, 0.15) is 11.6 Å². The Morgan fingerprint density at radius 2 is 2.21 bits per heavy atom. The van der Waals surface area contributed by atoms with Crippen LogP contribution in [0.2, 0.25) is 0 Å². The molecule has 0 aliphatic rings. The quantitative estimate of drug-likeness (QED) is 0.465. The molecule has 1 aromatic heterocycles. The van der Waals surface area contributed by atoms with E-state index >= 15 is 0 Å². The zero-order valence-electron chi connectivity index (χ0n) is 13.6. The number of pyridine rings is 1. The van der Waals surface area contributed by atoms with Crippen LogP contribution < -0.4 is 15.4 Å². The Balaban J connectivity index is 1.96. The number of rotatable bonds is 7. The Hall–Kier alpha value is -2.89. The minimum atomic E-state index is -0.346. The predicted octanol–water partition coefficient (Wildman–Crippen LogP) is 3.25. The van der Waals surface area contributed by atoms with Gasteiger partial charge < -0.3 is 15.4 Å². The highest BCUT2D eigenvalue weighted by Gasteiger charge is 2.01. The molecular formula is C18H21FN4O. The van der Waals surface area contributed by atoms with E-state index in [1.807, 2.05) is 13.0 Å². The summed E-state index contributed by atoms with van der Waals surface area (Å²) in [5.41, 5.74) is 0.942. The third-order valence-corrected chi connectivity index (χ3v) is 2.99. The zero-order valence-corrected chi connectivity index (χ0v) is 13.6. The lowest BCUT2D eigenvalue weighted by Gasteiger charge is -2.09. The molecule has 2 N–H and O–H groups in total. The van der Waals surface area contributed by atoms with Gasteiger partial charge in [-0.1, -0.05) is 18.2 Å². The molecule has 2 rings (SSSR count). The van der Waals surface area contributed by atoms with Crippen LogP contribution in [0.5, 0.6) is 11.6 Å². The summed E-state index contributed by atoms with van der Waals surface area (Å²) in [7, 11) is 0. The van der Waals surface area contributed by atoms with Gasteiger partial charge in [0, 0.05) is 31.4 Å². The van der Waals surface area contributed by atoms with E-state index in [1.165, 1.54) is 12.1 Å². The van der Waals surface area contributed by atoms with Gasteiger partial charge >= 0.3 is 0 Å². The Morgan fingerprint density at radius 3 is 2.88 bits per heavy atom. The van der Waals surface area contributed by atoms with Crippen LogP contribution in [0.4, 0.5) is 4.39 Å². The smallest absolute Gasteiger partial charge is 0.219 e. The van der Waals surface area contributed by atoms with Crippen LogP contribution in [0.25, 0.3) is 0 Å². The fraction of sp³-hybridized carbons (Fsp3) is 0.222. The van der Waals surface area contributed by atoms with Crippen molar-refractivity contribution in [2.24, 2.45) is 4.99 Å². The monoisotopic (exact) mass is 328 g/mol. The molecule has 0 saturated heterocycles. The lowest BCUT2D eigenvalue weighted by molar-refractivity contribution is 0.457. The number of aromatic nitrogens is 1. The zero-order chi connectivity index (χ0) is 17.2. The van der Waals surface area contributed by atoms with Crippen molar-refractivity contribution in [3.63, 3.8) is 0 Å². The third kappa shape index (κ3) is 5.72. The minimum Gasteiger partial charge on any atom is -0.439 e. The Labute approximate surface area is 141 Å². The van der Waals surface area contributed by atoms with Crippen molar-refractivity contribution in [2.75, 3.05) is 13.1 Å². The average Bonchev–Trinajstić information content (AvgIpc) is 2.59. The van der Waals surface area contributed by atoms with Crippen LogP contribution in [0.3, 0.4) is 0 Å². The van der Waals surface area contributed by atoms with Gasteiger partial charge in [0.2, 0.25) is 5.88 Å². The van der Waals surface area contributed by atoms with E-state index in [0.717, 1.165) is 18.1 Å². The Morgan fingerprint density at radius 1 is 1.33 bits per heavy atom. The third-order valence-electron chi connectivity index (χ3n) is 2.99. The molecule has 0 bridgehead atoms. The number of nitrogens with one attached hydrogen (secondary N) is 2. The van der Waals surface area contributed by atoms with Crippen LogP contribution in [-0.4, -0.2) is 24.0 Å². The molecule has 6 heteroatoms. The highest BCUT2D eigenvalue weighted by molar-refractivity contribution is 5.79. The molecule has 1 heterocycles. The van der Waals surface area contributed by atoms with E-state index in [9.17, 15) is 4.39 Å². The average molecular weight is 328 g/mol. The fourth-order valence-electron chi connectivity index (χ4n) is 1.90. The molecule has 0 spiro atoms. The number of guanidine groups is 1. The molecule has 1 aromatic carbocycles. The first-order valence-corrected chi connectivity index (χ1v) is 7.72. The highest BCUT2D eigenvalue weighted by Crippen LogP contribution is 2.20. The first-order valence-electron chi connectivity index (χ1n) is 7.72. The summed E-state index contributed by atoms with van der Waals surface area (Å²) in [6.45, 7) is 7.58. The molecule has 0 unspecified atom stereocenters. The number of hydrogen-bond donors (Lipinski definition) is 2. The van der Waals surface area contributed by atoms with Gasteiger partial charge in [0.15, 0.2) is 5.96 Å². The Kier molecular flexibility index (Phi) is 6.76. The van der Waals surface area contributed by atoms with Crippen molar-refractivity contribution in [3.05, 3.63) is 66.6 Å². The summed E-state index contributed by atoms with van der Waals surface area (Å²) in [5, 5.41) is 6.28. The van der Waals surface area contributed by atoms with Gasteiger partial charge in [-0.25, -0.2) is 14.4 Å². The van der Waals surface area contributed by atoms with Crippen LogP contribution in [-0.2, 0) is 6.54 Å². The normalized spacial score (nSPS) is 11.0. The van der Waals surface area contributed by atoms with E-state index in [2.05, 4.69) is 27.2 Å². The molecule has 24 heavy (non-hydrogen) atoms. The molecule has 0 saturated carbocycles. The summed E-state index contributed by atoms with van der Waals surface area (Å²) >= 11 is 0. The topological polar surface area (TPSA) is 58.5 Å². The summed E-state index contributed by atoms with van der Waals surface area (Å²) in [6.07, 6.45) is 3.46. The van der Waals surface area contributed by atoms with Crippen molar-refractivity contribution >= 4 is 5.96 Å². The molecule has 0 atom stereocenters. The van der Waals surface area contributed by atoms with Gasteiger partial charge in [0.25, 0.3) is 0 Å². The van der Waals surface area contributed by atoms with Gasteiger partial charge in [-0.2, -0.15) is 0 Å². The van der Waals surface area contributed by atoms with E-state index in [4.69, 9.17) is 4.74 Å². The fourth-order valence-corrected chi connectivity index (χ4v) is 1.90. The molecule has 0 amide bonds. The first-order chi connectivity index (χ1) is 11.7. The number of nitrogens with zero attached hydrogens (tertiary/aromatic N) is 2. The molecule has 5 nitrogen and oxygen atoms in total. The summed E-state index contributed by atoms with van der Waals surface area (Å²) in [6, 6.07) is 9.56. The van der Waals surface area contributed by atoms with E-state index in [1.54, 1.807) is 30.5 Å². The van der Waals surface area contributed by atoms with Gasteiger partial charge in [-0.05, 0) is 24.6 Å². The molecular weight excluding hydrogens is 307 g/mol. The molecule has 0 aliphatic heterocycles. The second-order valence-corrected chi connectivity index (χ2v) is 4.93. The van der Waals surface area contributed by atoms with Crippen LogP contribution in [0.15, 0.2) is 60.2 Å². The van der Waals surface area contributed by atoms with Crippen molar-refractivity contribution < 1.29 is 9.13 Å². The number of benzene rings is 1. The van der Waals surface area contributed by atoms with Crippen molar-refractivity contribution in [3.8, 4) is 11.6 Å². The number of ether oxygens (including phenoxy) is 1. The molecule has 0 radical (unpaired) electrons. The largest absolute Gasteiger partial charge is 0.439 e. The van der Waals surface area contributed by atoms with Crippen molar-refractivity contribution in [1.29, 1.82) is 0 Å².